The van der Waals surface area contributed by atoms with E-state index >= 15 is 0 Å². The fraction of sp³-hybridized carbons (Fsp3) is 0.375. The lowest BCUT2D eigenvalue weighted by molar-refractivity contribution is -0.149. The second-order valence-electron chi connectivity index (χ2n) is 8.10. The summed E-state index contributed by atoms with van der Waals surface area (Å²) in [6.07, 6.45) is -0.859. The zero-order valence-electron chi connectivity index (χ0n) is 17.7. The van der Waals surface area contributed by atoms with Crippen molar-refractivity contribution in [2.24, 2.45) is 0 Å². The van der Waals surface area contributed by atoms with E-state index in [1.807, 2.05) is 36.4 Å². The number of carbonyl (C=O) groups excluding carboxylic acids is 2. The van der Waals surface area contributed by atoms with Crippen molar-refractivity contribution in [3.05, 3.63) is 59.7 Å². The molecule has 32 heavy (non-hydrogen) atoms. The predicted molar refractivity (Wildman–Crippen MR) is 116 cm³/mol. The molecule has 8 nitrogen and oxygen atoms in total. The first-order valence-electron chi connectivity index (χ1n) is 10.7. The molecule has 4 rings (SSSR count). The molecular formula is C24H26N2O6. The highest BCUT2D eigenvalue weighted by Crippen LogP contribution is 2.44. The van der Waals surface area contributed by atoms with E-state index in [1.165, 1.54) is 0 Å². The Kier molecular flexibility index (Phi) is 6.41. The molecule has 3 N–H and O–H groups in total. The topological polar surface area (TPSA) is 114 Å². The first-order valence-corrected chi connectivity index (χ1v) is 10.7. The number of benzene rings is 2. The van der Waals surface area contributed by atoms with Crippen LogP contribution in [0.4, 0.5) is 4.79 Å². The van der Waals surface area contributed by atoms with Gasteiger partial charge in [-0.05, 0) is 42.0 Å². The minimum atomic E-state index is -0.996. The third kappa shape index (κ3) is 4.60. The van der Waals surface area contributed by atoms with Crippen molar-refractivity contribution in [2.75, 3.05) is 13.2 Å². The van der Waals surface area contributed by atoms with Gasteiger partial charge >= 0.3 is 12.1 Å². The monoisotopic (exact) mass is 438 g/mol. The van der Waals surface area contributed by atoms with Crippen LogP contribution in [-0.4, -0.2) is 54.5 Å². The number of carboxylic acid groups (broad SMARTS) is 1. The van der Waals surface area contributed by atoms with Gasteiger partial charge in [0.25, 0.3) is 0 Å². The third-order valence-electron chi connectivity index (χ3n) is 5.96. The lowest BCUT2D eigenvalue weighted by Crippen LogP contribution is -2.47. The van der Waals surface area contributed by atoms with Crippen molar-refractivity contribution in [1.82, 2.24) is 10.6 Å². The Labute approximate surface area is 185 Å². The van der Waals surface area contributed by atoms with E-state index in [4.69, 9.17) is 14.6 Å². The number of aliphatic carboxylic acids is 1. The maximum Gasteiger partial charge on any atom is 0.407 e. The van der Waals surface area contributed by atoms with Crippen LogP contribution in [0.15, 0.2) is 48.5 Å². The summed E-state index contributed by atoms with van der Waals surface area (Å²) in [5.74, 6) is -1.44. The Balaban J connectivity index is 1.26. The number of carbonyl (C=O) groups is 3. The molecule has 2 amide bonds. The van der Waals surface area contributed by atoms with Gasteiger partial charge < -0.3 is 25.2 Å². The van der Waals surface area contributed by atoms with Crippen molar-refractivity contribution in [3.8, 4) is 11.1 Å². The smallest absolute Gasteiger partial charge is 0.407 e. The summed E-state index contributed by atoms with van der Waals surface area (Å²) in [5, 5.41) is 14.2. The van der Waals surface area contributed by atoms with Crippen LogP contribution in [0.25, 0.3) is 11.1 Å². The molecule has 1 heterocycles. The Morgan fingerprint density at radius 2 is 1.69 bits per heavy atom. The quantitative estimate of drug-likeness (QED) is 0.612. The molecular weight excluding hydrogens is 412 g/mol. The fourth-order valence-corrected chi connectivity index (χ4v) is 4.29. The number of alkyl carbamates (subject to hydrolysis) is 1. The van der Waals surface area contributed by atoms with Crippen LogP contribution < -0.4 is 10.6 Å². The predicted octanol–water partition coefficient (Wildman–Crippen LogP) is 2.66. The molecule has 1 saturated heterocycles. The maximum atomic E-state index is 12.3. The molecule has 2 aromatic carbocycles. The minimum absolute atomic E-state index is 0.0565. The average Bonchev–Trinajstić information content (AvgIpc) is 3.39. The standard InChI is InChI=1S/C24H26N2O6/c1-14(22(27)25-12-15-10-11-21(32-15)23(28)29)26-24(30)31-13-20-18-8-4-2-6-16(18)17-7-3-5-9-19(17)20/h2-9,14-15,20-21H,10-13H2,1H3,(H,25,27)(H,26,30)(H,28,29)/t14-,15?,21?/m0/s1. The number of ether oxygens (including phenoxy) is 2. The second kappa shape index (κ2) is 9.40. The van der Waals surface area contributed by atoms with Gasteiger partial charge in [-0.3, -0.25) is 4.79 Å². The van der Waals surface area contributed by atoms with Gasteiger partial charge in [-0.2, -0.15) is 0 Å². The zero-order valence-corrected chi connectivity index (χ0v) is 17.7. The second-order valence-corrected chi connectivity index (χ2v) is 8.10. The largest absolute Gasteiger partial charge is 0.479 e. The van der Waals surface area contributed by atoms with Gasteiger partial charge in [0.2, 0.25) is 5.91 Å². The molecule has 0 saturated carbocycles. The van der Waals surface area contributed by atoms with Gasteiger partial charge in [0.1, 0.15) is 12.6 Å². The number of amides is 2. The van der Waals surface area contributed by atoms with E-state index < -0.39 is 24.2 Å². The number of fused-ring (bicyclic) bond motifs is 3. The molecule has 2 unspecified atom stereocenters. The maximum absolute atomic E-state index is 12.3. The van der Waals surface area contributed by atoms with Crippen LogP contribution in [-0.2, 0) is 19.1 Å². The first kappa shape index (κ1) is 21.8. The Bertz CT molecular complexity index is 978. The van der Waals surface area contributed by atoms with Gasteiger partial charge in [0.05, 0.1) is 6.10 Å². The van der Waals surface area contributed by atoms with E-state index in [0.29, 0.717) is 12.8 Å². The highest BCUT2D eigenvalue weighted by Gasteiger charge is 2.31. The van der Waals surface area contributed by atoms with Gasteiger partial charge in [-0.25, -0.2) is 9.59 Å². The van der Waals surface area contributed by atoms with E-state index in [2.05, 4.69) is 22.8 Å². The van der Waals surface area contributed by atoms with Gasteiger partial charge in [-0.15, -0.1) is 0 Å². The summed E-state index contributed by atoms with van der Waals surface area (Å²) in [4.78, 5) is 35.5. The molecule has 0 radical (unpaired) electrons. The van der Waals surface area contributed by atoms with Crippen LogP contribution in [0.2, 0.25) is 0 Å². The molecule has 1 aliphatic heterocycles. The molecule has 168 valence electrons. The van der Waals surface area contributed by atoms with Crippen molar-refractivity contribution in [1.29, 1.82) is 0 Å². The average molecular weight is 438 g/mol. The Morgan fingerprint density at radius 1 is 1.06 bits per heavy atom. The molecule has 2 aliphatic rings. The molecule has 1 fully saturated rings. The Morgan fingerprint density at radius 3 is 2.28 bits per heavy atom. The van der Waals surface area contributed by atoms with E-state index in [1.54, 1.807) is 6.92 Å². The Hall–Kier alpha value is -3.39. The number of nitrogens with one attached hydrogen (secondary N) is 2. The molecule has 2 aromatic rings. The number of hydrogen-bond acceptors (Lipinski definition) is 5. The molecule has 3 atom stereocenters. The number of hydrogen-bond donors (Lipinski definition) is 3. The summed E-state index contributed by atoms with van der Waals surface area (Å²) >= 11 is 0. The molecule has 0 aromatic heterocycles. The van der Waals surface area contributed by atoms with Gasteiger partial charge in [0, 0.05) is 12.5 Å². The molecule has 8 heteroatoms. The highest BCUT2D eigenvalue weighted by atomic mass is 16.5. The van der Waals surface area contributed by atoms with Crippen molar-refractivity contribution >= 4 is 18.0 Å². The zero-order chi connectivity index (χ0) is 22.7. The van der Waals surface area contributed by atoms with Crippen LogP contribution in [0.3, 0.4) is 0 Å². The van der Waals surface area contributed by atoms with E-state index in [-0.39, 0.29) is 31.1 Å². The minimum Gasteiger partial charge on any atom is -0.479 e. The lowest BCUT2D eigenvalue weighted by atomic mass is 9.98. The third-order valence-corrected chi connectivity index (χ3v) is 5.96. The van der Waals surface area contributed by atoms with Crippen LogP contribution in [0.1, 0.15) is 36.8 Å². The first-order chi connectivity index (χ1) is 15.4. The van der Waals surface area contributed by atoms with E-state index in [0.717, 1.165) is 22.3 Å². The van der Waals surface area contributed by atoms with Crippen molar-refractivity contribution in [2.45, 2.75) is 43.9 Å². The summed E-state index contributed by atoms with van der Waals surface area (Å²) < 4.78 is 10.8. The summed E-state index contributed by atoms with van der Waals surface area (Å²) in [6, 6.07) is 15.3. The van der Waals surface area contributed by atoms with Crippen LogP contribution in [0.5, 0.6) is 0 Å². The highest BCUT2D eigenvalue weighted by molar-refractivity contribution is 5.85. The van der Waals surface area contributed by atoms with Crippen molar-refractivity contribution in [3.63, 3.8) is 0 Å². The van der Waals surface area contributed by atoms with E-state index in [9.17, 15) is 14.4 Å². The normalized spacial score (nSPS) is 20.2. The summed E-state index contributed by atoms with van der Waals surface area (Å²) in [7, 11) is 0. The molecule has 0 bridgehead atoms. The SMILES string of the molecule is C[C@H](NC(=O)OCC1c2ccccc2-c2ccccc21)C(=O)NCC1CCC(C(=O)O)O1. The van der Waals surface area contributed by atoms with Gasteiger partial charge in [0.15, 0.2) is 6.10 Å². The van der Waals surface area contributed by atoms with Crippen LogP contribution in [0, 0.1) is 0 Å². The van der Waals surface area contributed by atoms with Crippen LogP contribution >= 0.6 is 0 Å². The summed E-state index contributed by atoms with van der Waals surface area (Å²) in [6.45, 7) is 1.92. The van der Waals surface area contributed by atoms with Crippen molar-refractivity contribution < 1.29 is 29.0 Å². The summed E-state index contributed by atoms with van der Waals surface area (Å²) in [5.41, 5.74) is 4.51. The fourth-order valence-electron chi connectivity index (χ4n) is 4.29. The lowest BCUT2D eigenvalue weighted by Gasteiger charge is -2.18. The number of carboxylic acids is 1. The van der Waals surface area contributed by atoms with Gasteiger partial charge in [-0.1, -0.05) is 48.5 Å². The molecule has 0 spiro atoms. The number of rotatable bonds is 7. The molecule has 1 aliphatic carbocycles.